The van der Waals surface area contributed by atoms with Gasteiger partial charge in [-0.15, -0.1) is 0 Å². The molecule has 1 aliphatic rings. The molecule has 0 radical (unpaired) electrons. The largest absolute Gasteiger partial charge is 0.454 e. The third-order valence-electron chi connectivity index (χ3n) is 2.86. The van der Waals surface area contributed by atoms with E-state index in [1.807, 2.05) is 18.2 Å². The minimum atomic E-state index is 0.272. The van der Waals surface area contributed by atoms with Crippen molar-refractivity contribution in [2.24, 2.45) is 0 Å². The molecule has 0 spiro atoms. The molecule has 0 aliphatic carbocycles. The Labute approximate surface area is 111 Å². The quantitative estimate of drug-likeness (QED) is 0.915. The molecule has 1 aromatic carbocycles. The molecule has 0 atom stereocenters. The smallest absolute Gasteiger partial charge is 0.231 e. The van der Waals surface area contributed by atoms with Crippen LogP contribution in [0.1, 0.15) is 19.5 Å². The summed E-state index contributed by atoms with van der Waals surface area (Å²) in [4.78, 5) is 4.45. The second kappa shape index (κ2) is 4.93. The normalized spacial score (nSPS) is 13.2. The van der Waals surface area contributed by atoms with Crippen molar-refractivity contribution in [1.29, 1.82) is 0 Å². The molecule has 0 saturated heterocycles. The highest BCUT2D eigenvalue weighted by Crippen LogP contribution is 2.35. The molecule has 2 heterocycles. The van der Waals surface area contributed by atoms with Crippen LogP contribution in [-0.4, -0.2) is 17.8 Å². The fourth-order valence-electron chi connectivity index (χ4n) is 1.86. The predicted octanol–water partition coefficient (Wildman–Crippen LogP) is 2.57. The first-order valence-electron chi connectivity index (χ1n) is 6.30. The van der Waals surface area contributed by atoms with Gasteiger partial charge >= 0.3 is 0 Å². The summed E-state index contributed by atoms with van der Waals surface area (Å²) in [5.74, 6) is 2.09. The molecule has 0 bridgehead atoms. The zero-order chi connectivity index (χ0) is 13.2. The van der Waals surface area contributed by atoms with Gasteiger partial charge in [0.05, 0.1) is 5.69 Å². The van der Waals surface area contributed by atoms with Crippen molar-refractivity contribution in [1.82, 2.24) is 10.3 Å². The lowest BCUT2D eigenvalue weighted by Crippen LogP contribution is -2.21. The van der Waals surface area contributed by atoms with E-state index in [0.717, 1.165) is 22.8 Å². The van der Waals surface area contributed by atoms with Crippen LogP contribution in [-0.2, 0) is 6.54 Å². The van der Waals surface area contributed by atoms with Crippen LogP contribution in [0.2, 0.25) is 0 Å². The molecule has 1 N–H and O–H groups in total. The molecule has 0 fully saturated rings. The van der Waals surface area contributed by atoms with Gasteiger partial charge in [-0.2, -0.15) is 0 Å². The number of hydrogen-bond donors (Lipinski definition) is 1. The Morgan fingerprint density at radius 3 is 2.95 bits per heavy atom. The van der Waals surface area contributed by atoms with E-state index >= 15 is 0 Å². The summed E-state index contributed by atoms with van der Waals surface area (Å²) in [6.45, 7) is 5.16. The van der Waals surface area contributed by atoms with Crippen LogP contribution in [0.4, 0.5) is 0 Å². The van der Waals surface area contributed by atoms with Crippen molar-refractivity contribution in [3.05, 3.63) is 30.2 Å². The monoisotopic (exact) mass is 260 g/mol. The van der Waals surface area contributed by atoms with Gasteiger partial charge in [-0.1, -0.05) is 13.8 Å². The van der Waals surface area contributed by atoms with E-state index in [-0.39, 0.29) is 6.79 Å². The first-order valence-corrected chi connectivity index (χ1v) is 6.30. The Morgan fingerprint density at radius 2 is 2.11 bits per heavy atom. The lowest BCUT2D eigenvalue weighted by Gasteiger charge is -2.04. The van der Waals surface area contributed by atoms with Crippen LogP contribution in [0.5, 0.6) is 11.5 Å². The van der Waals surface area contributed by atoms with E-state index in [1.54, 1.807) is 6.26 Å². The number of nitrogens with zero attached hydrogens (tertiary/aromatic N) is 1. The third kappa shape index (κ3) is 2.56. The minimum Gasteiger partial charge on any atom is -0.454 e. The van der Waals surface area contributed by atoms with Crippen LogP contribution >= 0.6 is 0 Å². The highest BCUT2D eigenvalue weighted by atomic mass is 16.7. The summed E-state index contributed by atoms with van der Waals surface area (Å²) in [5.41, 5.74) is 1.78. The zero-order valence-corrected chi connectivity index (χ0v) is 11.0. The summed E-state index contributed by atoms with van der Waals surface area (Å²) >= 11 is 0. The summed E-state index contributed by atoms with van der Waals surface area (Å²) in [5, 5.41) is 3.30. The maximum absolute atomic E-state index is 5.50. The van der Waals surface area contributed by atoms with Crippen molar-refractivity contribution in [2.45, 2.75) is 26.4 Å². The average Bonchev–Trinajstić information content (AvgIpc) is 3.04. The molecular weight excluding hydrogens is 244 g/mol. The van der Waals surface area contributed by atoms with Gasteiger partial charge in [0.1, 0.15) is 6.26 Å². The lowest BCUT2D eigenvalue weighted by molar-refractivity contribution is 0.174. The van der Waals surface area contributed by atoms with Crippen LogP contribution in [0.25, 0.3) is 11.5 Å². The van der Waals surface area contributed by atoms with Gasteiger partial charge in [0.25, 0.3) is 0 Å². The fraction of sp³-hybridized carbons (Fsp3) is 0.357. The maximum Gasteiger partial charge on any atom is 0.231 e. The standard InChI is InChI=1S/C14H16N2O3/c1-9(2)15-6-11-7-17-14(16-11)10-3-4-12-13(5-10)19-8-18-12/h3-5,7,9,15H,6,8H2,1-2H3. The second-order valence-corrected chi connectivity index (χ2v) is 4.75. The van der Waals surface area contributed by atoms with Crippen molar-refractivity contribution in [2.75, 3.05) is 6.79 Å². The Balaban J connectivity index is 1.79. The second-order valence-electron chi connectivity index (χ2n) is 4.75. The Bertz CT molecular complexity index is 578. The topological polar surface area (TPSA) is 56.5 Å². The highest BCUT2D eigenvalue weighted by molar-refractivity contribution is 5.60. The van der Waals surface area contributed by atoms with Crippen LogP contribution in [0.15, 0.2) is 28.9 Å². The molecule has 3 rings (SSSR count). The van der Waals surface area contributed by atoms with Gasteiger partial charge in [-0.3, -0.25) is 0 Å². The third-order valence-corrected chi connectivity index (χ3v) is 2.86. The van der Waals surface area contributed by atoms with Crippen LogP contribution in [0.3, 0.4) is 0 Å². The fourth-order valence-corrected chi connectivity index (χ4v) is 1.86. The number of fused-ring (bicyclic) bond motifs is 1. The molecule has 5 heteroatoms. The van der Waals surface area contributed by atoms with E-state index in [0.29, 0.717) is 18.5 Å². The average molecular weight is 260 g/mol. The van der Waals surface area contributed by atoms with Gasteiger partial charge in [-0.05, 0) is 18.2 Å². The molecule has 2 aromatic rings. The zero-order valence-electron chi connectivity index (χ0n) is 11.0. The summed E-state index contributed by atoms with van der Waals surface area (Å²) < 4.78 is 16.1. The minimum absolute atomic E-state index is 0.272. The first-order chi connectivity index (χ1) is 9.22. The number of aromatic nitrogens is 1. The van der Waals surface area contributed by atoms with Gasteiger partial charge in [0.2, 0.25) is 12.7 Å². The number of rotatable bonds is 4. The molecule has 1 aliphatic heterocycles. The van der Waals surface area contributed by atoms with Crippen molar-refractivity contribution >= 4 is 0 Å². The maximum atomic E-state index is 5.50. The molecule has 0 unspecified atom stereocenters. The Kier molecular flexibility index (Phi) is 3.13. The Hall–Kier alpha value is -2.01. The van der Waals surface area contributed by atoms with E-state index in [2.05, 4.69) is 24.1 Å². The number of nitrogens with one attached hydrogen (secondary N) is 1. The van der Waals surface area contributed by atoms with Crippen LogP contribution in [0, 0.1) is 0 Å². The summed E-state index contributed by atoms with van der Waals surface area (Å²) in [6, 6.07) is 6.09. The molecule has 19 heavy (non-hydrogen) atoms. The highest BCUT2D eigenvalue weighted by Gasteiger charge is 2.16. The number of hydrogen-bond acceptors (Lipinski definition) is 5. The van der Waals surface area contributed by atoms with Gasteiger partial charge in [0, 0.05) is 18.2 Å². The predicted molar refractivity (Wildman–Crippen MR) is 70.0 cm³/mol. The summed E-state index contributed by atoms with van der Waals surface area (Å²) in [6.07, 6.45) is 1.68. The number of ether oxygens (including phenoxy) is 2. The first kappa shape index (κ1) is 12.0. The molecular formula is C14H16N2O3. The lowest BCUT2D eigenvalue weighted by atomic mass is 10.2. The number of benzene rings is 1. The van der Waals surface area contributed by atoms with Gasteiger partial charge in [0.15, 0.2) is 11.5 Å². The molecule has 100 valence electrons. The summed E-state index contributed by atoms with van der Waals surface area (Å²) in [7, 11) is 0. The van der Waals surface area contributed by atoms with E-state index in [9.17, 15) is 0 Å². The van der Waals surface area contributed by atoms with Crippen molar-refractivity contribution < 1.29 is 13.9 Å². The van der Waals surface area contributed by atoms with Crippen molar-refractivity contribution in [3.63, 3.8) is 0 Å². The van der Waals surface area contributed by atoms with Crippen LogP contribution < -0.4 is 14.8 Å². The molecule has 0 amide bonds. The van der Waals surface area contributed by atoms with E-state index < -0.39 is 0 Å². The Morgan fingerprint density at radius 1 is 1.26 bits per heavy atom. The van der Waals surface area contributed by atoms with E-state index in [4.69, 9.17) is 13.9 Å². The number of oxazole rings is 1. The van der Waals surface area contributed by atoms with Crippen molar-refractivity contribution in [3.8, 4) is 23.0 Å². The van der Waals surface area contributed by atoms with E-state index in [1.165, 1.54) is 0 Å². The SMILES string of the molecule is CC(C)NCc1coc(-c2ccc3c(c2)OCO3)n1. The van der Waals surface area contributed by atoms with Gasteiger partial charge in [-0.25, -0.2) is 4.98 Å². The van der Waals surface area contributed by atoms with Gasteiger partial charge < -0.3 is 19.2 Å². The molecule has 1 aromatic heterocycles. The molecule has 0 saturated carbocycles. The molecule has 5 nitrogen and oxygen atoms in total.